The number of imidazole rings is 1. The zero-order valence-electron chi connectivity index (χ0n) is 44.3. The number of hydrogen-bond acceptors (Lipinski definition) is 21. The van der Waals surface area contributed by atoms with Crippen LogP contribution in [0.5, 0.6) is 0 Å². The fourth-order valence-electron chi connectivity index (χ4n) is 8.83. The molecule has 6 amide bonds. The number of carbonyl (C=O) groups is 7. The molecule has 2 fully saturated rings. The van der Waals surface area contributed by atoms with Crippen LogP contribution < -0.4 is 78.2 Å². The third-order valence-corrected chi connectivity index (χ3v) is 13.1. The van der Waals surface area contributed by atoms with Crippen LogP contribution in [0.4, 0.5) is 5.82 Å². The predicted molar refractivity (Wildman–Crippen MR) is 288 cm³/mol. The molecule has 2 aromatic rings. The van der Waals surface area contributed by atoms with E-state index < -0.39 is 109 Å². The summed E-state index contributed by atoms with van der Waals surface area (Å²) >= 11 is 0. The Kier molecular flexibility index (Phi) is 26.1. The summed E-state index contributed by atoms with van der Waals surface area (Å²) in [5.74, 6) is -6.44. The lowest BCUT2D eigenvalue weighted by Crippen LogP contribution is -2.59. The molecule has 2 saturated heterocycles. The van der Waals surface area contributed by atoms with E-state index in [0.29, 0.717) is 19.4 Å². The Morgan fingerprint density at radius 3 is 1.81 bits per heavy atom. The van der Waals surface area contributed by atoms with Crippen LogP contribution in [0.1, 0.15) is 70.4 Å². The number of primary amides is 1. The van der Waals surface area contributed by atoms with Crippen molar-refractivity contribution in [2.75, 3.05) is 71.2 Å². The van der Waals surface area contributed by atoms with Crippen LogP contribution in [0, 0.1) is 0 Å². The molecule has 4 heterocycles. The van der Waals surface area contributed by atoms with Gasteiger partial charge in [-0.3, -0.25) is 53.1 Å². The van der Waals surface area contributed by atoms with Gasteiger partial charge < -0.3 is 113 Å². The maximum atomic E-state index is 14.2. The Labute approximate surface area is 459 Å². The second-order valence-corrected chi connectivity index (χ2v) is 19.1. The minimum atomic E-state index is -1.49. The fraction of sp³-hybridized carbons (Fsp3) is 0.667. The summed E-state index contributed by atoms with van der Waals surface area (Å²) in [6, 6.07) is -7.70. The Balaban J connectivity index is 1.42. The number of aliphatic hydroxyl groups excluding tert-OH is 3. The molecule has 10 atom stereocenters. The number of nitrogens with two attached hydrogens (primary N) is 9. The molecule has 0 spiro atoms. The van der Waals surface area contributed by atoms with Crippen LogP contribution in [0.15, 0.2) is 27.6 Å². The number of ether oxygens (including phenoxy) is 1. The molecule has 0 saturated carbocycles. The van der Waals surface area contributed by atoms with Gasteiger partial charge in [0.05, 0.1) is 19.5 Å². The molecule has 446 valence electrons. The van der Waals surface area contributed by atoms with Gasteiger partial charge in [-0.2, -0.15) is 0 Å². The molecule has 2 aromatic heterocycles. The Bertz CT molecular complexity index is 2490. The summed E-state index contributed by atoms with van der Waals surface area (Å²) in [5.41, 5.74) is 50.5. The molecule has 0 aromatic carbocycles. The quantitative estimate of drug-likeness (QED) is 0.0173. The Morgan fingerprint density at radius 2 is 1.29 bits per heavy atom. The number of anilines is 1. The minimum absolute atomic E-state index is 0.0374. The summed E-state index contributed by atoms with van der Waals surface area (Å²) in [5, 5.41) is 54.5. The molecule has 27 N–H and O–H groups in total. The number of hydrogen-bond donors (Lipinski definition) is 18. The summed E-state index contributed by atoms with van der Waals surface area (Å²) < 4.78 is 7.55. The summed E-state index contributed by atoms with van der Waals surface area (Å²) in [6.07, 6.45) is -0.751. The third-order valence-electron chi connectivity index (χ3n) is 13.1. The van der Waals surface area contributed by atoms with E-state index in [1.54, 1.807) is 0 Å². The van der Waals surface area contributed by atoms with Gasteiger partial charge in [-0.15, -0.1) is 0 Å². The molecule has 35 nitrogen and oxygen atoms in total. The number of carboxylic acid groups (broad SMARTS) is 1. The first-order valence-corrected chi connectivity index (χ1v) is 26.0. The largest absolute Gasteiger partial charge is 0.480 e. The zero-order chi connectivity index (χ0) is 59.1. The van der Waals surface area contributed by atoms with Crippen molar-refractivity contribution >= 4 is 76.3 Å². The van der Waals surface area contributed by atoms with E-state index in [0.717, 1.165) is 0 Å². The van der Waals surface area contributed by atoms with Gasteiger partial charge in [-0.1, -0.05) is 0 Å². The van der Waals surface area contributed by atoms with Crippen LogP contribution in [0.2, 0.25) is 0 Å². The molecule has 2 aliphatic heterocycles. The number of guanidine groups is 3. The highest BCUT2D eigenvalue weighted by atomic mass is 16.6. The molecule has 0 unspecified atom stereocenters. The SMILES string of the molecule is NC(=O)[C@H](CO)NC(=O)[C@H](CCCN=C(N)N)NC(=O)[C@H](CCCN=C(N)N)NC(=O)[C@H](CCCN=C(N)N)NC(=O)[C@@H]1CCCN1C(=O)CNCCCN(CC[C@H](N)C(=O)O)C[C@H]1O[C@@H](n2cnc3c(N)ncnc32)[C@H](O)[C@@H]1O. The highest BCUT2D eigenvalue weighted by Crippen LogP contribution is 2.32. The lowest BCUT2D eigenvalue weighted by molar-refractivity contribution is -0.139. The lowest BCUT2D eigenvalue weighted by atomic mass is 10.0. The smallest absolute Gasteiger partial charge is 0.320 e. The average molecular weight is 1130 g/mol. The van der Waals surface area contributed by atoms with E-state index in [4.69, 9.17) is 56.3 Å². The van der Waals surface area contributed by atoms with Crippen molar-refractivity contribution in [3.05, 3.63) is 12.7 Å². The number of aliphatic carboxylic acids is 1. The number of fused-ring (bicyclic) bond motifs is 1. The van der Waals surface area contributed by atoms with Gasteiger partial charge in [0.25, 0.3) is 0 Å². The average Bonchev–Trinajstić information content (AvgIpc) is 4.30. The number of aromatic nitrogens is 4. The number of nitrogen functional groups attached to an aromatic ring is 1. The highest BCUT2D eigenvalue weighted by Gasteiger charge is 2.45. The monoisotopic (exact) mass is 1130 g/mol. The highest BCUT2D eigenvalue weighted by molar-refractivity contribution is 5.96. The van der Waals surface area contributed by atoms with E-state index in [9.17, 15) is 54.0 Å². The van der Waals surface area contributed by atoms with Crippen LogP contribution in [0.3, 0.4) is 0 Å². The lowest BCUT2D eigenvalue weighted by Gasteiger charge is -2.28. The van der Waals surface area contributed by atoms with Crippen molar-refractivity contribution < 1.29 is 58.7 Å². The van der Waals surface area contributed by atoms with E-state index in [2.05, 4.69) is 56.5 Å². The van der Waals surface area contributed by atoms with Gasteiger partial charge in [0.1, 0.15) is 66.4 Å². The van der Waals surface area contributed by atoms with Crippen LogP contribution in [-0.4, -0.2) is 229 Å². The topological polar surface area (TPSA) is 591 Å². The Hall–Kier alpha value is -7.83. The van der Waals surface area contributed by atoms with E-state index in [-0.39, 0.29) is 139 Å². The summed E-state index contributed by atoms with van der Waals surface area (Å²) in [4.78, 5) is 120. The molecule has 4 rings (SSSR count). The maximum Gasteiger partial charge on any atom is 0.320 e. The van der Waals surface area contributed by atoms with Crippen molar-refractivity contribution in [1.82, 2.24) is 55.9 Å². The number of nitrogens with one attached hydrogen (secondary N) is 5. The van der Waals surface area contributed by atoms with Gasteiger partial charge in [0.2, 0.25) is 35.4 Å². The summed E-state index contributed by atoms with van der Waals surface area (Å²) in [6.45, 7) is 0.179. The van der Waals surface area contributed by atoms with Crippen LogP contribution >= 0.6 is 0 Å². The standard InChI is InChI=1S/C45H79N23O12/c46-23(42(78)79)10-17-66(19-29-32(71)33(72)41(80-29)68-22-61-31-34(47)59-21-60-36(31)68)15-5-11-55-18-30(70)67-16-4-9-28(67)40(77)64-26(8-3-14-58-45(53)54)38(75)62-24(6-1-12-56-43(49)50)37(74)63-25(7-2-13-57-44(51)52)39(76)65-27(20-69)35(48)73/h21-29,32-33,41,55,69,71-72H,1-20,46H2,(H2,48,73)(H,62,75)(H,63,74)(H,64,77)(H,65,76)(H,78,79)(H2,47,59,60)(H4,49,50,56)(H4,51,52,57)(H4,53,54,58)/t23-,24-,25-,26-,27-,28-,29+,32+,33+,41+/m0/s1. The zero-order valence-corrected chi connectivity index (χ0v) is 44.3. The number of rotatable bonds is 35. The van der Waals surface area contributed by atoms with Crippen molar-refractivity contribution in [2.45, 2.75) is 125 Å². The van der Waals surface area contributed by atoms with E-state index >= 15 is 0 Å². The normalized spacial score (nSPS) is 19.7. The second kappa shape index (κ2) is 32.3. The molecular formula is C45H79N23O12. The fourth-order valence-corrected chi connectivity index (χ4v) is 8.83. The number of likely N-dealkylation sites (tertiary alicyclic amines) is 1. The molecule has 35 heteroatoms. The number of aliphatic imine (C=N–C) groups is 3. The van der Waals surface area contributed by atoms with Crippen molar-refractivity contribution in [3.63, 3.8) is 0 Å². The van der Waals surface area contributed by atoms with Crippen molar-refractivity contribution in [1.29, 1.82) is 0 Å². The van der Waals surface area contributed by atoms with Crippen LogP contribution in [-0.2, 0) is 38.3 Å². The molecule has 2 aliphatic rings. The number of carboxylic acids is 1. The van der Waals surface area contributed by atoms with Crippen LogP contribution in [0.25, 0.3) is 11.2 Å². The summed E-state index contributed by atoms with van der Waals surface area (Å²) in [7, 11) is 0. The van der Waals surface area contributed by atoms with Crippen molar-refractivity contribution in [3.8, 4) is 0 Å². The molecule has 0 aliphatic carbocycles. The predicted octanol–water partition coefficient (Wildman–Crippen LogP) is -9.32. The number of nitrogens with zero attached hydrogens (tertiary/aromatic N) is 9. The van der Waals surface area contributed by atoms with Gasteiger partial charge >= 0.3 is 5.97 Å². The molecule has 0 bridgehead atoms. The number of aliphatic hydroxyl groups is 3. The van der Waals surface area contributed by atoms with Gasteiger partial charge in [0, 0.05) is 39.3 Å². The van der Waals surface area contributed by atoms with Gasteiger partial charge in [-0.05, 0) is 77.3 Å². The Morgan fingerprint density at radius 1 is 0.738 bits per heavy atom. The first-order chi connectivity index (χ1) is 38.0. The first kappa shape index (κ1) is 64.7. The second-order valence-electron chi connectivity index (χ2n) is 19.1. The first-order valence-electron chi connectivity index (χ1n) is 26.0. The third kappa shape index (κ3) is 20.1. The number of carbonyl (C=O) groups excluding carboxylic acids is 6. The minimum Gasteiger partial charge on any atom is -0.480 e. The molecule has 80 heavy (non-hydrogen) atoms. The molecule has 0 radical (unpaired) electrons. The van der Waals surface area contributed by atoms with E-state index in [1.807, 2.05) is 4.90 Å². The van der Waals surface area contributed by atoms with Crippen molar-refractivity contribution in [2.24, 2.45) is 60.8 Å². The van der Waals surface area contributed by atoms with E-state index in [1.165, 1.54) is 22.1 Å². The number of amides is 6. The van der Waals surface area contributed by atoms with Gasteiger partial charge in [0.15, 0.2) is 35.6 Å². The molecular weight excluding hydrogens is 1050 g/mol. The van der Waals surface area contributed by atoms with Gasteiger partial charge in [-0.25, -0.2) is 15.0 Å². The maximum absolute atomic E-state index is 14.2.